The lowest BCUT2D eigenvalue weighted by Crippen LogP contribution is -2.21. The molecular weight excluding hydrogens is 126 g/mol. The highest BCUT2D eigenvalue weighted by molar-refractivity contribution is 5.15. The maximum absolute atomic E-state index is 8.46. The normalized spacial score (nSPS) is 14.9. The first kappa shape index (κ1) is 9.40. The number of nitrogens with one attached hydrogen (secondary N) is 1. The summed E-state index contributed by atoms with van der Waals surface area (Å²) in [5, 5.41) is 8.46. The van der Waals surface area contributed by atoms with Gasteiger partial charge in [0.05, 0.1) is 0 Å². The Kier molecular flexibility index (Phi) is 4.89. The zero-order valence-corrected chi connectivity index (χ0v) is 6.59. The van der Waals surface area contributed by atoms with Crippen LogP contribution in [0.15, 0.2) is 24.3 Å². The van der Waals surface area contributed by atoms with Gasteiger partial charge in [0.15, 0.2) is 0 Å². The Bertz CT molecular complexity index is 129. The predicted molar refractivity (Wildman–Crippen MR) is 43.0 cm³/mol. The van der Waals surface area contributed by atoms with Crippen molar-refractivity contribution in [1.29, 1.82) is 0 Å². The van der Waals surface area contributed by atoms with E-state index in [1.54, 1.807) is 6.08 Å². The molecule has 0 bridgehead atoms. The molecule has 2 heteroatoms. The van der Waals surface area contributed by atoms with Crippen molar-refractivity contribution < 1.29 is 5.21 Å². The Balaban J connectivity index is 3.75. The minimum atomic E-state index is 0.101. The highest BCUT2D eigenvalue weighted by Gasteiger charge is 1.99. The fourth-order valence-electron chi connectivity index (χ4n) is 0.718. The van der Waals surface area contributed by atoms with E-state index in [0.29, 0.717) is 0 Å². The predicted octanol–water partition coefficient (Wildman–Crippen LogP) is 1.88. The molecule has 1 unspecified atom stereocenters. The minimum absolute atomic E-state index is 0.101. The molecule has 0 aromatic carbocycles. The number of hydroxylamine groups is 1. The maximum Gasteiger partial charge on any atom is 0.0331 e. The van der Waals surface area contributed by atoms with Crippen molar-refractivity contribution >= 4 is 0 Å². The van der Waals surface area contributed by atoms with Crippen molar-refractivity contribution in [3.63, 3.8) is 0 Å². The fraction of sp³-hybridized carbons (Fsp3) is 0.500. The van der Waals surface area contributed by atoms with Crippen molar-refractivity contribution in [2.75, 3.05) is 0 Å². The zero-order valence-electron chi connectivity index (χ0n) is 6.59. The van der Waals surface area contributed by atoms with Crippen LogP contribution >= 0.6 is 0 Å². The van der Waals surface area contributed by atoms with Gasteiger partial charge >= 0.3 is 0 Å². The molecule has 2 nitrogen and oxygen atoms in total. The molecule has 0 fully saturated rings. The van der Waals surface area contributed by atoms with E-state index in [4.69, 9.17) is 5.21 Å². The molecule has 0 rings (SSSR count). The van der Waals surface area contributed by atoms with Gasteiger partial charge in [-0.3, -0.25) is 0 Å². The SMILES string of the molecule is C=CC(=CC)CC(C)NO. The van der Waals surface area contributed by atoms with E-state index in [1.807, 2.05) is 19.9 Å². The van der Waals surface area contributed by atoms with Crippen LogP contribution in [0, 0.1) is 0 Å². The van der Waals surface area contributed by atoms with Gasteiger partial charge in [-0.15, -0.1) is 0 Å². The van der Waals surface area contributed by atoms with Gasteiger partial charge in [0, 0.05) is 6.04 Å². The van der Waals surface area contributed by atoms with Crippen LogP contribution in [-0.4, -0.2) is 11.2 Å². The van der Waals surface area contributed by atoms with Crippen LogP contribution < -0.4 is 5.48 Å². The molecule has 0 saturated carbocycles. The summed E-state index contributed by atoms with van der Waals surface area (Å²) in [4.78, 5) is 0. The second kappa shape index (κ2) is 5.21. The molecule has 0 aromatic rings. The van der Waals surface area contributed by atoms with Gasteiger partial charge in [0.1, 0.15) is 0 Å². The average Bonchev–Trinajstić information content (AvgIpc) is 1.99. The third-order valence-electron chi connectivity index (χ3n) is 1.40. The summed E-state index contributed by atoms with van der Waals surface area (Å²) in [6, 6.07) is 0.101. The van der Waals surface area contributed by atoms with Crippen LogP contribution in [0.3, 0.4) is 0 Å². The Morgan fingerprint density at radius 1 is 1.80 bits per heavy atom. The Labute approximate surface area is 62.2 Å². The van der Waals surface area contributed by atoms with Crippen LogP contribution in [0.4, 0.5) is 0 Å². The lowest BCUT2D eigenvalue weighted by Gasteiger charge is -2.08. The highest BCUT2D eigenvalue weighted by Crippen LogP contribution is 2.04. The van der Waals surface area contributed by atoms with Gasteiger partial charge in [-0.05, 0) is 20.3 Å². The Hall–Kier alpha value is -0.600. The van der Waals surface area contributed by atoms with E-state index in [0.717, 1.165) is 12.0 Å². The molecule has 0 radical (unpaired) electrons. The maximum atomic E-state index is 8.46. The van der Waals surface area contributed by atoms with Gasteiger partial charge in [-0.25, -0.2) is 5.48 Å². The summed E-state index contributed by atoms with van der Waals surface area (Å²) in [5.74, 6) is 0. The fourth-order valence-corrected chi connectivity index (χ4v) is 0.718. The zero-order chi connectivity index (χ0) is 7.98. The van der Waals surface area contributed by atoms with Gasteiger partial charge in [-0.1, -0.05) is 24.3 Å². The van der Waals surface area contributed by atoms with E-state index in [1.165, 1.54) is 0 Å². The summed E-state index contributed by atoms with van der Waals surface area (Å²) in [7, 11) is 0. The van der Waals surface area contributed by atoms with Crippen LogP contribution in [0.5, 0.6) is 0 Å². The molecule has 0 aliphatic rings. The summed E-state index contributed by atoms with van der Waals surface area (Å²) >= 11 is 0. The molecule has 10 heavy (non-hydrogen) atoms. The second-order valence-electron chi connectivity index (χ2n) is 2.30. The number of rotatable bonds is 4. The third-order valence-corrected chi connectivity index (χ3v) is 1.40. The van der Waals surface area contributed by atoms with Crippen molar-refractivity contribution in [2.24, 2.45) is 0 Å². The summed E-state index contributed by atoms with van der Waals surface area (Å²) < 4.78 is 0. The molecule has 0 heterocycles. The first-order valence-electron chi connectivity index (χ1n) is 3.41. The summed E-state index contributed by atoms with van der Waals surface area (Å²) in [6.07, 6.45) is 4.60. The van der Waals surface area contributed by atoms with Crippen LogP contribution in [0.25, 0.3) is 0 Å². The van der Waals surface area contributed by atoms with Gasteiger partial charge < -0.3 is 5.21 Å². The second-order valence-corrected chi connectivity index (χ2v) is 2.30. The molecule has 0 spiro atoms. The van der Waals surface area contributed by atoms with Crippen molar-refractivity contribution in [3.05, 3.63) is 24.3 Å². The van der Waals surface area contributed by atoms with E-state index in [9.17, 15) is 0 Å². The molecule has 0 aliphatic carbocycles. The molecule has 0 saturated heterocycles. The smallest absolute Gasteiger partial charge is 0.0331 e. The molecule has 1 atom stereocenters. The van der Waals surface area contributed by atoms with Gasteiger partial charge in [-0.2, -0.15) is 0 Å². The van der Waals surface area contributed by atoms with E-state index < -0.39 is 0 Å². The number of hydrogen-bond donors (Lipinski definition) is 2. The molecule has 58 valence electrons. The first-order valence-corrected chi connectivity index (χ1v) is 3.41. The van der Waals surface area contributed by atoms with Gasteiger partial charge in [0.25, 0.3) is 0 Å². The summed E-state index contributed by atoms with van der Waals surface area (Å²) in [5.41, 5.74) is 3.32. The van der Waals surface area contributed by atoms with Crippen LogP contribution in [-0.2, 0) is 0 Å². The molecule has 2 N–H and O–H groups in total. The number of allylic oxidation sites excluding steroid dienone is 2. The topological polar surface area (TPSA) is 32.3 Å². The van der Waals surface area contributed by atoms with E-state index in [2.05, 4.69) is 12.1 Å². The number of hydrogen-bond acceptors (Lipinski definition) is 2. The molecular formula is C8H15NO. The monoisotopic (exact) mass is 141 g/mol. The Morgan fingerprint density at radius 2 is 2.40 bits per heavy atom. The largest absolute Gasteiger partial charge is 0.317 e. The van der Waals surface area contributed by atoms with Gasteiger partial charge in [0.2, 0.25) is 0 Å². The van der Waals surface area contributed by atoms with E-state index >= 15 is 0 Å². The lowest BCUT2D eigenvalue weighted by molar-refractivity contribution is 0.133. The van der Waals surface area contributed by atoms with E-state index in [-0.39, 0.29) is 6.04 Å². The third kappa shape index (κ3) is 3.43. The molecule has 0 aromatic heterocycles. The van der Waals surface area contributed by atoms with Crippen molar-refractivity contribution in [3.8, 4) is 0 Å². The lowest BCUT2D eigenvalue weighted by atomic mass is 10.1. The first-order chi connectivity index (χ1) is 4.74. The summed E-state index contributed by atoms with van der Waals surface area (Å²) in [6.45, 7) is 7.51. The standard InChI is InChI=1S/C8H15NO/c1-4-8(5-2)6-7(3)9-10/h4-5,7,9-10H,1,6H2,2-3H3. The van der Waals surface area contributed by atoms with Crippen molar-refractivity contribution in [1.82, 2.24) is 5.48 Å². The van der Waals surface area contributed by atoms with Crippen LogP contribution in [0.1, 0.15) is 20.3 Å². The van der Waals surface area contributed by atoms with Crippen LogP contribution in [0.2, 0.25) is 0 Å². The minimum Gasteiger partial charge on any atom is -0.317 e. The Morgan fingerprint density at radius 3 is 2.70 bits per heavy atom. The average molecular weight is 141 g/mol. The highest BCUT2D eigenvalue weighted by atomic mass is 16.5. The molecule has 0 aliphatic heterocycles. The quantitative estimate of drug-likeness (QED) is 0.462. The molecule has 0 amide bonds. The van der Waals surface area contributed by atoms with Crippen molar-refractivity contribution in [2.45, 2.75) is 26.3 Å².